The van der Waals surface area contributed by atoms with Crippen LogP contribution < -0.4 is 15.5 Å². The highest BCUT2D eigenvalue weighted by Crippen LogP contribution is 2.25. The highest BCUT2D eigenvalue weighted by atomic mass is 16.2. The van der Waals surface area contributed by atoms with E-state index in [0.29, 0.717) is 33.8 Å². The van der Waals surface area contributed by atoms with E-state index in [2.05, 4.69) is 10.6 Å². The summed E-state index contributed by atoms with van der Waals surface area (Å²) in [6.07, 6.45) is 0.348. The molecule has 1 heterocycles. The first-order valence-electron chi connectivity index (χ1n) is 12.7. The van der Waals surface area contributed by atoms with E-state index in [1.165, 1.54) is 12.1 Å². The summed E-state index contributed by atoms with van der Waals surface area (Å²) in [6.45, 7) is 1.83. The van der Waals surface area contributed by atoms with Gasteiger partial charge in [-0.3, -0.25) is 28.9 Å². The molecule has 1 saturated heterocycles. The molecule has 0 radical (unpaired) electrons. The van der Waals surface area contributed by atoms with Gasteiger partial charge in [0.05, 0.1) is 16.9 Å². The number of imide groups is 1. The minimum atomic E-state index is -0.461. The lowest BCUT2D eigenvalue weighted by molar-refractivity contribution is -0.121. The fourth-order valence-corrected chi connectivity index (χ4v) is 4.50. The predicted molar refractivity (Wildman–Crippen MR) is 152 cm³/mol. The third-order valence-electron chi connectivity index (χ3n) is 6.64. The average molecular weight is 532 g/mol. The molecule has 2 N–H and O–H groups in total. The van der Waals surface area contributed by atoms with Crippen molar-refractivity contribution in [3.63, 3.8) is 0 Å². The summed E-state index contributed by atoms with van der Waals surface area (Å²) in [5.41, 5.74) is 3.48. The number of hydrogen-bond donors (Lipinski definition) is 2. The lowest BCUT2D eigenvalue weighted by Crippen LogP contribution is -2.28. The van der Waals surface area contributed by atoms with Crippen LogP contribution in [0.2, 0.25) is 0 Å². The molecule has 8 nitrogen and oxygen atoms in total. The molecular weight excluding hydrogens is 506 g/mol. The van der Waals surface area contributed by atoms with Gasteiger partial charge in [0, 0.05) is 35.2 Å². The molecule has 40 heavy (non-hydrogen) atoms. The van der Waals surface area contributed by atoms with Crippen LogP contribution in [0.25, 0.3) is 0 Å². The zero-order valence-corrected chi connectivity index (χ0v) is 21.6. The van der Waals surface area contributed by atoms with Crippen molar-refractivity contribution in [1.29, 1.82) is 0 Å². The molecule has 0 spiro atoms. The number of benzene rings is 4. The molecule has 5 rings (SSSR count). The van der Waals surface area contributed by atoms with E-state index in [9.17, 15) is 24.0 Å². The van der Waals surface area contributed by atoms with Crippen LogP contribution in [0, 0.1) is 6.92 Å². The van der Waals surface area contributed by atoms with Crippen molar-refractivity contribution < 1.29 is 24.0 Å². The molecular formula is C32H25N3O5. The number of ketones is 1. The number of amides is 4. The van der Waals surface area contributed by atoms with Gasteiger partial charge < -0.3 is 10.6 Å². The van der Waals surface area contributed by atoms with Crippen molar-refractivity contribution in [3.8, 4) is 0 Å². The molecule has 1 aliphatic heterocycles. The number of aryl methyl sites for hydroxylation is 1. The molecule has 0 aromatic heterocycles. The minimum absolute atomic E-state index is 0.147. The SMILES string of the molecule is Cc1ccc(NC(=O)c2ccccc2NC(=O)c2ccc(N3C(=O)CCC3=O)cc2)cc1C(=O)c1ccccc1. The number of anilines is 3. The normalized spacial score (nSPS) is 12.8. The Bertz CT molecular complexity index is 1630. The highest BCUT2D eigenvalue weighted by Gasteiger charge is 2.30. The summed E-state index contributed by atoms with van der Waals surface area (Å²) in [5.74, 6) is -1.61. The van der Waals surface area contributed by atoms with Crippen molar-refractivity contribution in [2.24, 2.45) is 0 Å². The molecule has 0 unspecified atom stereocenters. The van der Waals surface area contributed by atoms with Crippen molar-refractivity contribution in [1.82, 2.24) is 0 Å². The van der Waals surface area contributed by atoms with Crippen LogP contribution in [0.15, 0.2) is 97.1 Å². The third kappa shape index (κ3) is 5.42. The highest BCUT2D eigenvalue weighted by molar-refractivity contribution is 6.20. The second-order valence-corrected chi connectivity index (χ2v) is 9.35. The van der Waals surface area contributed by atoms with Crippen molar-refractivity contribution in [2.75, 3.05) is 15.5 Å². The van der Waals surface area contributed by atoms with Gasteiger partial charge in [-0.2, -0.15) is 0 Å². The van der Waals surface area contributed by atoms with Crippen molar-refractivity contribution in [3.05, 3.63) is 125 Å². The van der Waals surface area contributed by atoms with Gasteiger partial charge in [0.15, 0.2) is 5.78 Å². The van der Waals surface area contributed by atoms with E-state index in [-0.39, 0.29) is 36.0 Å². The first-order chi connectivity index (χ1) is 19.3. The van der Waals surface area contributed by atoms with Gasteiger partial charge in [0.1, 0.15) is 0 Å². The summed E-state index contributed by atoms with van der Waals surface area (Å²) >= 11 is 0. The smallest absolute Gasteiger partial charge is 0.257 e. The molecule has 1 aliphatic rings. The van der Waals surface area contributed by atoms with Gasteiger partial charge in [-0.1, -0.05) is 48.5 Å². The standard InChI is InChI=1S/C32H25N3O5/c1-20-11-14-23(19-26(20)30(38)21-7-3-2-4-8-21)33-32(40)25-9-5-6-10-27(25)34-31(39)22-12-15-24(16-13-22)35-28(36)17-18-29(35)37/h2-16,19H,17-18H2,1H3,(H,33,40)(H,34,39). The van der Waals surface area contributed by atoms with Gasteiger partial charge in [0.2, 0.25) is 11.8 Å². The zero-order valence-electron chi connectivity index (χ0n) is 21.6. The summed E-state index contributed by atoms with van der Waals surface area (Å²) < 4.78 is 0. The maximum Gasteiger partial charge on any atom is 0.257 e. The number of carbonyl (C=O) groups excluding carboxylic acids is 5. The van der Waals surface area contributed by atoms with Gasteiger partial charge >= 0.3 is 0 Å². The van der Waals surface area contributed by atoms with Gasteiger partial charge in [-0.15, -0.1) is 0 Å². The summed E-state index contributed by atoms with van der Waals surface area (Å²) in [6, 6.07) is 26.7. The molecule has 0 saturated carbocycles. The van der Waals surface area contributed by atoms with Crippen molar-refractivity contribution >= 4 is 46.5 Å². The Hall–Kier alpha value is -5.37. The van der Waals surface area contributed by atoms with Crippen LogP contribution in [-0.2, 0) is 9.59 Å². The molecule has 1 fully saturated rings. The Balaban J connectivity index is 1.32. The Morgan fingerprint density at radius 2 is 1.30 bits per heavy atom. The molecule has 0 bridgehead atoms. The van der Waals surface area contributed by atoms with E-state index in [0.717, 1.165) is 10.5 Å². The minimum Gasteiger partial charge on any atom is -0.322 e. The van der Waals surface area contributed by atoms with E-state index >= 15 is 0 Å². The largest absolute Gasteiger partial charge is 0.322 e. The van der Waals surface area contributed by atoms with Crippen LogP contribution in [0.4, 0.5) is 17.1 Å². The zero-order chi connectivity index (χ0) is 28.2. The average Bonchev–Trinajstić information content (AvgIpc) is 3.31. The van der Waals surface area contributed by atoms with E-state index in [1.54, 1.807) is 78.9 Å². The van der Waals surface area contributed by atoms with Gasteiger partial charge in [0.25, 0.3) is 11.8 Å². The monoisotopic (exact) mass is 531 g/mol. The second kappa shape index (κ2) is 11.2. The van der Waals surface area contributed by atoms with E-state index < -0.39 is 11.8 Å². The van der Waals surface area contributed by atoms with Gasteiger partial charge in [-0.05, 0) is 61.0 Å². The maximum absolute atomic E-state index is 13.2. The lowest BCUT2D eigenvalue weighted by atomic mass is 9.98. The quantitative estimate of drug-likeness (QED) is 0.245. The predicted octanol–water partition coefficient (Wildman–Crippen LogP) is 5.38. The lowest BCUT2D eigenvalue weighted by Gasteiger charge is -2.15. The Labute approximate surface area is 230 Å². The van der Waals surface area contributed by atoms with Crippen LogP contribution in [0.5, 0.6) is 0 Å². The molecule has 0 aliphatic carbocycles. The number of rotatable bonds is 7. The van der Waals surface area contributed by atoms with E-state index in [1.807, 2.05) is 13.0 Å². The maximum atomic E-state index is 13.2. The molecule has 0 atom stereocenters. The summed E-state index contributed by atoms with van der Waals surface area (Å²) in [4.78, 5) is 64.3. The molecule has 4 aromatic carbocycles. The molecule has 4 aromatic rings. The van der Waals surface area contributed by atoms with Crippen LogP contribution >= 0.6 is 0 Å². The van der Waals surface area contributed by atoms with Crippen molar-refractivity contribution in [2.45, 2.75) is 19.8 Å². The topological polar surface area (TPSA) is 113 Å². The Morgan fingerprint density at radius 3 is 2.00 bits per heavy atom. The summed E-state index contributed by atoms with van der Waals surface area (Å²) in [7, 11) is 0. The van der Waals surface area contributed by atoms with Crippen LogP contribution in [0.3, 0.4) is 0 Å². The fourth-order valence-electron chi connectivity index (χ4n) is 4.50. The number of nitrogens with zero attached hydrogens (tertiary/aromatic N) is 1. The molecule has 8 heteroatoms. The first-order valence-corrected chi connectivity index (χ1v) is 12.7. The van der Waals surface area contributed by atoms with Crippen LogP contribution in [0.1, 0.15) is 55.0 Å². The second-order valence-electron chi connectivity index (χ2n) is 9.35. The van der Waals surface area contributed by atoms with Gasteiger partial charge in [-0.25, -0.2) is 0 Å². The Kier molecular flexibility index (Phi) is 7.33. The number of nitrogens with one attached hydrogen (secondary N) is 2. The molecule has 4 amide bonds. The first kappa shape index (κ1) is 26.2. The third-order valence-corrected chi connectivity index (χ3v) is 6.64. The molecule has 198 valence electrons. The Morgan fingerprint density at radius 1 is 0.650 bits per heavy atom. The van der Waals surface area contributed by atoms with Crippen LogP contribution in [-0.4, -0.2) is 29.4 Å². The number of hydrogen-bond acceptors (Lipinski definition) is 5. The number of para-hydroxylation sites is 1. The fraction of sp³-hybridized carbons (Fsp3) is 0.0938. The summed E-state index contributed by atoms with van der Waals surface area (Å²) in [5, 5.41) is 5.58. The van der Waals surface area contributed by atoms with E-state index in [4.69, 9.17) is 0 Å². The number of carbonyl (C=O) groups is 5.